The van der Waals surface area contributed by atoms with Crippen LogP contribution in [0, 0.1) is 57.0 Å². The van der Waals surface area contributed by atoms with E-state index in [9.17, 15) is 47.6 Å². The van der Waals surface area contributed by atoms with Gasteiger partial charge in [0.25, 0.3) is 17.5 Å². The predicted octanol–water partition coefficient (Wildman–Crippen LogP) is 6.16. The fourth-order valence-corrected chi connectivity index (χ4v) is 8.84. The fourth-order valence-electron chi connectivity index (χ4n) is 7.90. The number of non-ortho nitro benzene ring substituents is 1. The molecule has 7 rings (SSSR count). The number of fused-ring (bicyclic) bond motifs is 4. The first kappa shape index (κ1) is 35.3. The van der Waals surface area contributed by atoms with Gasteiger partial charge < -0.3 is 9.84 Å². The van der Waals surface area contributed by atoms with Crippen molar-refractivity contribution in [3.05, 3.63) is 98.9 Å². The molecule has 2 aliphatic heterocycles. The first-order valence-electron chi connectivity index (χ1n) is 15.6. The van der Waals surface area contributed by atoms with Crippen LogP contribution in [0.2, 0.25) is 0 Å². The monoisotopic (exact) mass is 765 g/mol. The maximum absolute atomic E-state index is 15.2. The molecular formula is C34H22Cl2F5N3O8. The number of halogens is 7. The summed E-state index contributed by atoms with van der Waals surface area (Å²) in [7, 11) is 0. The van der Waals surface area contributed by atoms with E-state index < -0.39 is 103 Å². The van der Waals surface area contributed by atoms with Gasteiger partial charge in [0.1, 0.15) is 5.69 Å². The molecule has 2 aliphatic carbocycles. The van der Waals surface area contributed by atoms with Crippen LogP contribution in [0.3, 0.4) is 0 Å². The van der Waals surface area contributed by atoms with Crippen molar-refractivity contribution in [1.82, 2.24) is 0 Å². The van der Waals surface area contributed by atoms with Crippen molar-refractivity contribution in [2.24, 2.45) is 17.8 Å². The quantitative estimate of drug-likeness (QED) is 0.0459. The third-order valence-electron chi connectivity index (χ3n) is 10.2. The summed E-state index contributed by atoms with van der Waals surface area (Å²) in [6.45, 7) is 1.64. The first-order valence-corrected chi connectivity index (χ1v) is 16.3. The summed E-state index contributed by atoms with van der Waals surface area (Å²) in [6.07, 6.45) is 0.665. The minimum atomic E-state index is -2.76. The van der Waals surface area contributed by atoms with Gasteiger partial charge in [-0.1, -0.05) is 17.7 Å². The van der Waals surface area contributed by atoms with Crippen molar-refractivity contribution in [2.45, 2.75) is 35.4 Å². The largest absolute Gasteiger partial charge is 0.504 e. The Morgan fingerprint density at radius 1 is 0.885 bits per heavy atom. The van der Waals surface area contributed by atoms with Gasteiger partial charge in [-0.3, -0.25) is 34.2 Å². The number of phenols is 1. The first-order chi connectivity index (χ1) is 24.5. The molecule has 2 heterocycles. The fraction of sp³-hybridized carbons (Fsp3) is 0.294. The summed E-state index contributed by atoms with van der Waals surface area (Å²) < 4.78 is 78.9. The van der Waals surface area contributed by atoms with Crippen molar-refractivity contribution in [3.63, 3.8) is 0 Å². The highest BCUT2D eigenvalue weighted by atomic mass is 35.5. The second-order valence-corrected chi connectivity index (χ2v) is 13.9. The number of allylic oxidation sites excluding steroid dienone is 2. The number of amides is 4. The van der Waals surface area contributed by atoms with E-state index in [1.54, 1.807) is 6.92 Å². The standard InChI is InChI=1S/C34H22Cl2F5N3O8/c1-2-52-20-11-13(3-10-19(20)45)22-16-8-9-17-21(30(47)42(29(17)46)14-4-6-15(7-5-14)44(50)51)18(16)12-33(35)31(48)43(32(49)34(22,33)36)28-26(40)24(38)23(37)25(39)27(28)41/h3-8,10-11,17-18,21-22,45H,2,9,12H2,1H3. The van der Waals surface area contributed by atoms with E-state index in [2.05, 4.69) is 0 Å². The molecule has 6 unspecified atom stereocenters. The number of anilines is 2. The van der Waals surface area contributed by atoms with Crippen LogP contribution in [0.15, 0.2) is 54.1 Å². The molecule has 11 nitrogen and oxygen atoms in total. The number of phenolic OH excluding ortho intramolecular Hbond substituents is 1. The average Bonchev–Trinajstić information content (AvgIpc) is 3.45. The summed E-state index contributed by atoms with van der Waals surface area (Å²) in [5, 5.41) is 21.7. The van der Waals surface area contributed by atoms with E-state index in [1.165, 1.54) is 30.3 Å². The third-order valence-corrected chi connectivity index (χ3v) is 11.6. The summed E-state index contributed by atoms with van der Waals surface area (Å²) in [5.74, 6) is -22.9. The molecule has 2 saturated heterocycles. The van der Waals surface area contributed by atoms with E-state index >= 15 is 8.78 Å². The molecule has 6 atom stereocenters. The minimum absolute atomic E-state index is 0.000635. The van der Waals surface area contributed by atoms with Crippen molar-refractivity contribution >= 4 is 63.9 Å². The van der Waals surface area contributed by atoms with Crippen molar-refractivity contribution in [2.75, 3.05) is 16.4 Å². The lowest BCUT2D eigenvalue weighted by atomic mass is 9.56. The Hall–Kier alpha value is -5.09. The summed E-state index contributed by atoms with van der Waals surface area (Å²) in [4.78, 5) is 62.2. The molecule has 0 bridgehead atoms. The van der Waals surface area contributed by atoms with Crippen molar-refractivity contribution < 1.29 is 55.9 Å². The Morgan fingerprint density at radius 2 is 1.50 bits per heavy atom. The lowest BCUT2D eigenvalue weighted by Crippen LogP contribution is -2.60. The van der Waals surface area contributed by atoms with E-state index in [0.717, 1.165) is 23.1 Å². The molecule has 18 heteroatoms. The molecule has 270 valence electrons. The molecule has 3 fully saturated rings. The average molecular weight is 766 g/mol. The zero-order chi connectivity index (χ0) is 37.8. The van der Waals surface area contributed by atoms with Gasteiger partial charge in [0.2, 0.25) is 17.6 Å². The molecule has 0 spiro atoms. The van der Waals surface area contributed by atoms with Gasteiger partial charge in [-0.25, -0.2) is 26.9 Å². The number of benzene rings is 3. The van der Waals surface area contributed by atoms with Crippen LogP contribution in [-0.2, 0) is 19.2 Å². The van der Waals surface area contributed by atoms with Gasteiger partial charge in [0, 0.05) is 18.1 Å². The number of rotatable bonds is 6. The number of hydrogen-bond donors (Lipinski definition) is 1. The Labute approximate surface area is 299 Å². The molecular weight excluding hydrogens is 744 g/mol. The molecule has 4 amide bonds. The van der Waals surface area contributed by atoms with Crippen LogP contribution < -0.4 is 14.5 Å². The van der Waals surface area contributed by atoms with Crippen molar-refractivity contribution in [3.8, 4) is 11.5 Å². The number of alkyl halides is 2. The van der Waals surface area contributed by atoms with E-state index in [4.69, 9.17) is 27.9 Å². The van der Waals surface area contributed by atoms with Gasteiger partial charge in [0.15, 0.2) is 44.5 Å². The molecule has 1 N–H and O–H groups in total. The summed E-state index contributed by atoms with van der Waals surface area (Å²) in [5.41, 5.74) is -2.00. The highest BCUT2D eigenvalue weighted by Gasteiger charge is 2.77. The number of nitro benzene ring substituents is 1. The molecule has 0 aromatic heterocycles. The second-order valence-electron chi connectivity index (χ2n) is 12.6. The number of nitro groups is 1. The number of carbonyl (C=O) groups excluding carboxylic acids is 4. The van der Waals surface area contributed by atoms with Gasteiger partial charge in [0.05, 0.1) is 29.1 Å². The van der Waals surface area contributed by atoms with Gasteiger partial charge in [-0.2, -0.15) is 0 Å². The number of nitrogens with zero attached hydrogens (tertiary/aromatic N) is 3. The Bertz CT molecular complexity index is 2160. The molecule has 52 heavy (non-hydrogen) atoms. The van der Waals surface area contributed by atoms with E-state index in [0.29, 0.717) is 0 Å². The molecule has 1 saturated carbocycles. The van der Waals surface area contributed by atoms with Crippen LogP contribution in [-0.4, -0.2) is 50.0 Å². The third kappa shape index (κ3) is 4.55. The number of hydrogen-bond acceptors (Lipinski definition) is 8. The zero-order valence-corrected chi connectivity index (χ0v) is 27.9. The maximum atomic E-state index is 15.2. The van der Waals surface area contributed by atoms with Crippen LogP contribution in [0.25, 0.3) is 0 Å². The van der Waals surface area contributed by atoms with Gasteiger partial charge >= 0.3 is 0 Å². The van der Waals surface area contributed by atoms with E-state index in [-0.39, 0.29) is 51.9 Å². The molecule has 0 radical (unpaired) electrons. The lowest BCUT2D eigenvalue weighted by Gasteiger charge is -2.50. The van der Waals surface area contributed by atoms with Gasteiger partial charge in [-0.05, 0) is 55.5 Å². The number of imide groups is 2. The van der Waals surface area contributed by atoms with Crippen LogP contribution in [0.1, 0.15) is 31.2 Å². The Morgan fingerprint density at radius 3 is 2.10 bits per heavy atom. The van der Waals surface area contributed by atoms with Crippen LogP contribution in [0.4, 0.5) is 39.0 Å². The topological polar surface area (TPSA) is 147 Å². The number of aromatic hydroxyl groups is 1. The smallest absolute Gasteiger partial charge is 0.269 e. The zero-order valence-electron chi connectivity index (χ0n) is 26.3. The highest BCUT2D eigenvalue weighted by molar-refractivity contribution is 6.58. The van der Waals surface area contributed by atoms with Crippen molar-refractivity contribution in [1.29, 1.82) is 0 Å². The molecule has 4 aliphatic rings. The maximum Gasteiger partial charge on any atom is 0.269 e. The molecule has 3 aromatic carbocycles. The normalized spacial score (nSPS) is 28.1. The Balaban J connectivity index is 1.42. The van der Waals surface area contributed by atoms with Gasteiger partial charge in [-0.15, -0.1) is 23.2 Å². The summed E-state index contributed by atoms with van der Waals surface area (Å²) >= 11 is 14.2. The van der Waals surface area contributed by atoms with Crippen LogP contribution in [0.5, 0.6) is 11.5 Å². The lowest BCUT2D eigenvalue weighted by molar-refractivity contribution is -0.384. The predicted molar refractivity (Wildman–Crippen MR) is 171 cm³/mol. The highest BCUT2D eigenvalue weighted by Crippen LogP contribution is 2.66. The second kappa shape index (κ2) is 12.0. The Kier molecular flexibility index (Phi) is 8.14. The number of ether oxygens (including phenoxy) is 1. The van der Waals surface area contributed by atoms with E-state index in [1.807, 2.05) is 0 Å². The summed E-state index contributed by atoms with van der Waals surface area (Å²) in [6, 6.07) is 8.27. The minimum Gasteiger partial charge on any atom is -0.504 e. The SMILES string of the molecule is CCOc1cc(C2C3=CCC4C(=O)N(c5ccc([N+](=O)[O-])cc5)C(=O)C4C3CC3(Cl)C(=O)N(c4c(F)c(F)c(F)c(F)c4F)C(=O)C23Cl)ccc1O. The van der Waals surface area contributed by atoms with Crippen LogP contribution >= 0.6 is 23.2 Å². The molecule has 3 aromatic rings. The number of carbonyl (C=O) groups is 4.